The average molecular weight is 789 g/mol. The van der Waals surface area contributed by atoms with Crippen LogP contribution in [0.15, 0.2) is 130 Å². The first-order chi connectivity index (χ1) is 24.3. The van der Waals surface area contributed by atoms with Crippen LogP contribution in [-0.2, 0) is 41.7 Å². The van der Waals surface area contributed by atoms with Gasteiger partial charge >= 0.3 is 13.3 Å². The SMILES string of the molecule is CCOP(=S)(N=P(CCCCCCP(=NP(=S)(OCC)OCC)(c1ccccc1)c1ccccc1)(c1ccccc1)c1ccccc1)OCC. The molecule has 270 valence electrons. The quantitative estimate of drug-likeness (QED) is 0.0619. The molecule has 0 unspecified atom stereocenters. The summed E-state index contributed by atoms with van der Waals surface area (Å²) in [5.74, 6) is 0. The summed E-state index contributed by atoms with van der Waals surface area (Å²) < 4.78 is 35.6. The van der Waals surface area contributed by atoms with Gasteiger partial charge in [-0.15, -0.1) is 0 Å². The minimum atomic E-state index is -2.89. The van der Waals surface area contributed by atoms with Gasteiger partial charge in [0.25, 0.3) is 0 Å². The molecule has 4 rings (SSSR count). The van der Waals surface area contributed by atoms with Gasteiger partial charge in [0.05, 0.1) is 26.4 Å². The summed E-state index contributed by atoms with van der Waals surface area (Å²) in [6, 6.07) is 42.6. The van der Waals surface area contributed by atoms with Crippen LogP contribution in [0.2, 0.25) is 0 Å². The lowest BCUT2D eigenvalue weighted by atomic mass is 10.2. The minimum absolute atomic E-state index is 0.462. The van der Waals surface area contributed by atoms with Crippen molar-refractivity contribution in [1.82, 2.24) is 0 Å². The molecule has 4 aromatic rings. The van der Waals surface area contributed by atoms with Gasteiger partial charge in [0.1, 0.15) is 0 Å². The number of hydrogen-bond acceptors (Lipinski definition) is 6. The van der Waals surface area contributed by atoms with Gasteiger partial charge in [-0.05, 0) is 97.7 Å². The molecule has 0 saturated heterocycles. The summed E-state index contributed by atoms with van der Waals surface area (Å²) in [5, 5.41) is 4.81. The lowest BCUT2D eigenvalue weighted by Crippen LogP contribution is -2.20. The monoisotopic (exact) mass is 788 g/mol. The second-order valence-electron chi connectivity index (χ2n) is 11.5. The number of nitrogens with zero attached hydrogens (tertiary/aromatic N) is 2. The zero-order chi connectivity index (χ0) is 35.8. The van der Waals surface area contributed by atoms with Gasteiger partial charge in [-0.3, -0.25) is 0 Å². The summed E-state index contributed by atoms with van der Waals surface area (Å²) in [7, 11) is -4.67. The van der Waals surface area contributed by atoms with Crippen molar-refractivity contribution in [1.29, 1.82) is 0 Å². The van der Waals surface area contributed by atoms with Crippen LogP contribution in [0, 0.1) is 0 Å². The summed E-state index contributed by atoms with van der Waals surface area (Å²) >= 11 is 12.2. The molecule has 0 spiro atoms. The topological polar surface area (TPSA) is 61.6 Å². The van der Waals surface area contributed by atoms with E-state index in [9.17, 15) is 0 Å². The fourth-order valence-electron chi connectivity index (χ4n) is 6.05. The third-order valence-corrected chi connectivity index (χ3v) is 23.8. The first-order valence-electron chi connectivity index (χ1n) is 17.5. The molecule has 0 bridgehead atoms. The second kappa shape index (κ2) is 20.6. The van der Waals surface area contributed by atoms with Crippen LogP contribution in [0.5, 0.6) is 0 Å². The maximum atomic E-state index is 6.14. The lowest BCUT2D eigenvalue weighted by Gasteiger charge is -2.30. The van der Waals surface area contributed by atoms with Crippen molar-refractivity contribution in [2.45, 2.75) is 53.4 Å². The molecule has 0 aliphatic heterocycles. The second-order valence-corrected chi connectivity index (χ2v) is 24.7. The molecule has 0 aliphatic rings. The van der Waals surface area contributed by atoms with E-state index >= 15 is 0 Å². The molecular weight excluding hydrogens is 736 g/mol. The van der Waals surface area contributed by atoms with Crippen molar-refractivity contribution in [3.8, 4) is 0 Å². The third kappa shape index (κ3) is 11.0. The molecule has 0 N–H and O–H groups in total. The Bertz CT molecular complexity index is 1560. The summed E-state index contributed by atoms with van der Waals surface area (Å²) in [6.07, 6.45) is 5.83. The van der Waals surface area contributed by atoms with Crippen molar-refractivity contribution in [2.24, 2.45) is 9.03 Å². The molecule has 0 radical (unpaired) electrons. The van der Waals surface area contributed by atoms with Crippen LogP contribution in [-0.4, -0.2) is 38.8 Å². The van der Waals surface area contributed by atoms with Gasteiger partial charge in [0, 0.05) is 14.1 Å². The van der Waals surface area contributed by atoms with Crippen LogP contribution in [0.1, 0.15) is 53.4 Å². The van der Waals surface area contributed by atoms with Crippen LogP contribution in [0.4, 0.5) is 0 Å². The maximum Gasteiger partial charge on any atom is 0.308 e. The first-order valence-corrected chi connectivity index (χ1v) is 26.6. The highest BCUT2D eigenvalue weighted by Gasteiger charge is 2.32. The summed E-state index contributed by atoms with van der Waals surface area (Å²) in [6.45, 7) is 3.91. The number of rotatable bonds is 21. The number of hydrogen-bond donors (Lipinski definition) is 0. The summed E-state index contributed by atoms with van der Waals surface area (Å²) in [4.78, 5) is 0. The van der Waals surface area contributed by atoms with Crippen LogP contribution >= 0.6 is 27.4 Å². The van der Waals surface area contributed by atoms with Crippen molar-refractivity contribution >= 4 is 72.2 Å². The highest BCUT2D eigenvalue weighted by atomic mass is 32.5. The Hall–Kier alpha value is -1.52. The standard InChI is InChI=1S/C38H52N2O4P4S2/c1-5-41-47(49,42-6-2)39-45(35-25-15-11-16-26-35,36-27-17-12-18-28-36)33-23-9-10-24-34-46(37-29-19-13-20-30-37,38-31-21-14-22-32-38)40-48(50,43-7-3)44-8-4/h11-22,25-32H,5-10,23-24,33-34H2,1-4H3. The van der Waals surface area contributed by atoms with Gasteiger partial charge in [0.15, 0.2) is 0 Å². The maximum absolute atomic E-state index is 6.14. The fourth-order valence-corrected chi connectivity index (χ4v) is 22.9. The predicted molar refractivity (Wildman–Crippen MR) is 226 cm³/mol. The molecule has 0 atom stereocenters. The van der Waals surface area contributed by atoms with E-state index in [-0.39, 0.29) is 0 Å². The summed E-state index contributed by atoms with van der Waals surface area (Å²) in [5.41, 5.74) is 0. The molecular formula is C38H52N2O4P4S2. The van der Waals surface area contributed by atoms with E-state index in [2.05, 4.69) is 121 Å². The van der Waals surface area contributed by atoms with E-state index < -0.39 is 27.4 Å². The van der Waals surface area contributed by atoms with E-state index in [1.54, 1.807) is 0 Å². The van der Waals surface area contributed by atoms with E-state index in [1.165, 1.54) is 21.2 Å². The van der Waals surface area contributed by atoms with E-state index in [0.29, 0.717) is 26.4 Å². The van der Waals surface area contributed by atoms with Gasteiger partial charge in [-0.25, -0.2) is 9.03 Å². The third-order valence-electron chi connectivity index (χ3n) is 8.14. The van der Waals surface area contributed by atoms with Crippen LogP contribution in [0.3, 0.4) is 0 Å². The molecule has 0 fully saturated rings. The molecule has 12 heteroatoms. The van der Waals surface area contributed by atoms with E-state index in [0.717, 1.165) is 38.0 Å². The molecule has 4 aromatic carbocycles. The number of unbranched alkanes of at least 4 members (excludes halogenated alkanes) is 3. The molecule has 6 nitrogen and oxygen atoms in total. The van der Waals surface area contributed by atoms with Crippen molar-refractivity contribution < 1.29 is 18.1 Å². The Morgan fingerprint density at radius 2 is 0.640 bits per heavy atom. The van der Waals surface area contributed by atoms with Gasteiger partial charge in [0.2, 0.25) is 0 Å². The molecule has 0 amide bonds. The van der Waals surface area contributed by atoms with E-state index in [1.807, 2.05) is 27.7 Å². The largest absolute Gasteiger partial charge is 0.313 e. The van der Waals surface area contributed by atoms with Crippen molar-refractivity contribution in [3.05, 3.63) is 121 Å². The Kier molecular flexibility index (Phi) is 17.0. The molecule has 0 heterocycles. The highest BCUT2D eigenvalue weighted by molar-refractivity contribution is 8.11. The fraction of sp³-hybridized carbons (Fsp3) is 0.368. The lowest BCUT2D eigenvalue weighted by molar-refractivity contribution is 0.267. The van der Waals surface area contributed by atoms with E-state index in [4.69, 9.17) is 50.7 Å². The Morgan fingerprint density at radius 1 is 0.400 bits per heavy atom. The molecule has 0 saturated carbocycles. The average Bonchev–Trinajstić information content (AvgIpc) is 3.14. The predicted octanol–water partition coefficient (Wildman–Crippen LogP) is 10.8. The molecule has 50 heavy (non-hydrogen) atoms. The van der Waals surface area contributed by atoms with Crippen molar-refractivity contribution in [2.75, 3.05) is 38.8 Å². The van der Waals surface area contributed by atoms with Crippen molar-refractivity contribution in [3.63, 3.8) is 0 Å². The Morgan fingerprint density at radius 3 is 0.860 bits per heavy atom. The van der Waals surface area contributed by atoms with Gasteiger partial charge < -0.3 is 18.1 Å². The van der Waals surface area contributed by atoms with Gasteiger partial charge in [-0.2, -0.15) is 0 Å². The molecule has 0 aliphatic carbocycles. The van der Waals surface area contributed by atoms with Gasteiger partial charge in [-0.1, -0.05) is 134 Å². The minimum Gasteiger partial charge on any atom is -0.313 e. The zero-order valence-corrected chi connectivity index (χ0v) is 35.0. The first kappa shape index (κ1) is 41.2. The van der Waals surface area contributed by atoms with Crippen LogP contribution < -0.4 is 21.2 Å². The Balaban J connectivity index is 1.68. The molecule has 0 aromatic heterocycles. The Labute approximate surface area is 311 Å². The smallest absolute Gasteiger partial charge is 0.308 e. The van der Waals surface area contributed by atoms with Crippen LogP contribution in [0.25, 0.3) is 0 Å². The number of benzene rings is 4. The zero-order valence-electron chi connectivity index (χ0n) is 29.8. The highest BCUT2D eigenvalue weighted by Crippen LogP contribution is 2.64. The normalized spacial score (nSPS) is 12.5.